The van der Waals surface area contributed by atoms with Crippen LogP contribution in [0, 0.1) is 5.92 Å². The van der Waals surface area contributed by atoms with E-state index in [1.807, 2.05) is 0 Å². The fourth-order valence-electron chi connectivity index (χ4n) is 1.95. The van der Waals surface area contributed by atoms with E-state index in [1.165, 1.54) is 0 Å². The highest BCUT2D eigenvalue weighted by Crippen LogP contribution is 2.27. The molecule has 6 heteroatoms. The van der Waals surface area contributed by atoms with Crippen LogP contribution in [0.3, 0.4) is 0 Å². The summed E-state index contributed by atoms with van der Waals surface area (Å²) in [5.74, 6) is -2.56. The molecule has 0 fully saturated rings. The Bertz CT molecular complexity index is 411. The van der Waals surface area contributed by atoms with E-state index in [0.717, 1.165) is 0 Å². The Hall–Kier alpha value is -1.69. The number of carboxylic acid groups (broad SMARTS) is 1. The Morgan fingerprint density at radius 2 is 2.11 bits per heavy atom. The van der Waals surface area contributed by atoms with Crippen molar-refractivity contribution in [3.05, 3.63) is 11.3 Å². The highest BCUT2D eigenvalue weighted by molar-refractivity contribution is 6.23. The highest BCUT2D eigenvalue weighted by atomic mass is 16.4. The normalized spacial score (nSPS) is 21.3. The van der Waals surface area contributed by atoms with E-state index >= 15 is 0 Å². The molecule has 1 unspecified atom stereocenters. The number of carbonyl (C=O) groups is 2. The van der Waals surface area contributed by atoms with Crippen molar-refractivity contribution < 1.29 is 24.9 Å². The summed E-state index contributed by atoms with van der Waals surface area (Å²) in [5.41, 5.74) is 0.554. The summed E-state index contributed by atoms with van der Waals surface area (Å²) in [4.78, 5) is 26.7. The van der Waals surface area contributed by atoms with Crippen molar-refractivity contribution in [2.45, 2.75) is 26.2 Å². The standard InChI is InChI=1S/C12H17NO5/c1-2-8(13-3-4-14)11-9(15)5-7(12(17)18)6-10(11)16/h7,14-15H,2-6H2,1H3,(H,17,18). The Morgan fingerprint density at radius 1 is 1.44 bits per heavy atom. The zero-order valence-corrected chi connectivity index (χ0v) is 10.2. The second-order valence-electron chi connectivity index (χ2n) is 4.09. The van der Waals surface area contributed by atoms with E-state index in [1.54, 1.807) is 6.92 Å². The molecule has 0 saturated heterocycles. The molecule has 18 heavy (non-hydrogen) atoms. The number of Topliss-reactive ketones (excluding diaryl/α,β-unsaturated/α-hetero) is 1. The number of hydrogen-bond acceptors (Lipinski definition) is 5. The van der Waals surface area contributed by atoms with Crippen molar-refractivity contribution in [2.24, 2.45) is 10.9 Å². The third-order valence-corrected chi connectivity index (χ3v) is 2.81. The monoisotopic (exact) mass is 255 g/mol. The Balaban J connectivity index is 3.03. The van der Waals surface area contributed by atoms with Crippen LogP contribution in [0.4, 0.5) is 0 Å². The van der Waals surface area contributed by atoms with Crippen molar-refractivity contribution >= 4 is 17.5 Å². The predicted molar refractivity (Wildman–Crippen MR) is 64.7 cm³/mol. The Kier molecular flexibility index (Phi) is 5.03. The third kappa shape index (κ3) is 3.16. The average molecular weight is 255 g/mol. The second-order valence-corrected chi connectivity index (χ2v) is 4.09. The van der Waals surface area contributed by atoms with Crippen molar-refractivity contribution in [2.75, 3.05) is 13.2 Å². The van der Waals surface area contributed by atoms with Gasteiger partial charge in [0.2, 0.25) is 0 Å². The van der Waals surface area contributed by atoms with Crippen LogP contribution in [-0.4, -0.2) is 45.9 Å². The number of hydrogen-bond donors (Lipinski definition) is 3. The number of allylic oxidation sites excluding steroid dienone is 2. The fraction of sp³-hybridized carbons (Fsp3) is 0.583. The molecular formula is C12H17NO5. The summed E-state index contributed by atoms with van der Waals surface area (Å²) in [6.07, 6.45) is 0.282. The average Bonchev–Trinajstić information content (AvgIpc) is 2.32. The summed E-state index contributed by atoms with van der Waals surface area (Å²) in [6.45, 7) is 1.81. The minimum Gasteiger partial charge on any atom is -0.511 e. The Morgan fingerprint density at radius 3 is 2.56 bits per heavy atom. The number of carboxylic acids is 1. The van der Waals surface area contributed by atoms with Crippen molar-refractivity contribution in [1.29, 1.82) is 0 Å². The largest absolute Gasteiger partial charge is 0.511 e. The molecule has 0 aromatic carbocycles. The number of ketones is 1. The molecule has 1 atom stereocenters. The van der Waals surface area contributed by atoms with Crippen LogP contribution in [0.5, 0.6) is 0 Å². The van der Waals surface area contributed by atoms with E-state index in [4.69, 9.17) is 10.2 Å². The van der Waals surface area contributed by atoms with Gasteiger partial charge in [0.25, 0.3) is 0 Å². The molecule has 0 bridgehead atoms. The number of aliphatic hydroxyl groups is 2. The van der Waals surface area contributed by atoms with Gasteiger partial charge in [-0.05, 0) is 6.42 Å². The lowest BCUT2D eigenvalue weighted by Crippen LogP contribution is -2.28. The van der Waals surface area contributed by atoms with Gasteiger partial charge in [0, 0.05) is 18.6 Å². The highest BCUT2D eigenvalue weighted by Gasteiger charge is 2.33. The van der Waals surface area contributed by atoms with Gasteiger partial charge in [-0.15, -0.1) is 0 Å². The SMILES string of the molecule is CCC(=NCCO)C1=C(O)CC(C(=O)O)CC1=O. The molecule has 6 nitrogen and oxygen atoms in total. The van der Waals surface area contributed by atoms with Crippen molar-refractivity contribution in [1.82, 2.24) is 0 Å². The van der Waals surface area contributed by atoms with Gasteiger partial charge in [-0.3, -0.25) is 14.6 Å². The molecule has 100 valence electrons. The molecule has 0 aromatic heterocycles. The molecule has 1 aliphatic carbocycles. The molecule has 0 saturated carbocycles. The van der Waals surface area contributed by atoms with Crippen LogP contribution in [-0.2, 0) is 9.59 Å². The first-order chi connectivity index (χ1) is 8.51. The van der Waals surface area contributed by atoms with Crippen LogP contribution < -0.4 is 0 Å². The molecule has 3 N–H and O–H groups in total. The van der Waals surface area contributed by atoms with Gasteiger partial charge in [0.1, 0.15) is 5.76 Å². The number of aliphatic imine (C=N–C) groups is 1. The first-order valence-electron chi connectivity index (χ1n) is 5.83. The summed E-state index contributed by atoms with van der Waals surface area (Å²) in [7, 11) is 0. The van der Waals surface area contributed by atoms with Gasteiger partial charge in [0.15, 0.2) is 5.78 Å². The maximum atomic E-state index is 11.9. The first kappa shape index (κ1) is 14.4. The zero-order chi connectivity index (χ0) is 13.7. The topological polar surface area (TPSA) is 107 Å². The number of aliphatic carboxylic acids is 1. The summed E-state index contributed by atoms with van der Waals surface area (Å²) >= 11 is 0. The molecule has 0 spiro atoms. The van der Waals surface area contributed by atoms with Gasteiger partial charge < -0.3 is 15.3 Å². The van der Waals surface area contributed by atoms with Crippen LogP contribution in [0.15, 0.2) is 16.3 Å². The minimum absolute atomic E-state index is 0.0471. The predicted octanol–water partition coefficient (Wildman–Crippen LogP) is 0.706. The van der Waals surface area contributed by atoms with E-state index in [0.29, 0.717) is 12.1 Å². The van der Waals surface area contributed by atoms with Gasteiger partial charge in [-0.1, -0.05) is 6.92 Å². The van der Waals surface area contributed by atoms with Crippen LogP contribution in [0.1, 0.15) is 26.2 Å². The number of nitrogens with zero attached hydrogens (tertiary/aromatic N) is 1. The lowest BCUT2D eigenvalue weighted by molar-refractivity contribution is -0.144. The number of aliphatic hydroxyl groups excluding tert-OH is 2. The van der Waals surface area contributed by atoms with E-state index in [-0.39, 0.29) is 37.3 Å². The third-order valence-electron chi connectivity index (χ3n) is 2.81. The summed E-state index contributed by atoms with van der Waals surface area (Å²) in [6, 6.07) is 0. The molecular weight excluding hydrogens is 238 g/mol. The molecule has 0 aromatic rings. The van der Waals surface area contributed by atoms with Gasteiger partial charge >= 0.3 is 5.97 Å². The Labute approximate surface area is 105 Å². The first-order valence-corrected chi connectivity index (χ1v) is 5.83. The smallest absolute Gasteiger partial charge is 0.307 e. The quantitative estimate of drug-likeness (QED) is 0.627. The molecule has 0 heterocycles. The fourth-order valence-corrected chi connectivity index (χ4v) is 1.95. The van der Waals surface area contributed by atoms with Gasteiger partial charge in [0.05, 0.1) is 24.6 Å². The lowest BCUT2D eigenvalue weighted by atomic mass is 9.84. The van der Waals surface area contributed by atoms with Crippen molar-refractivity contribution in [3.8, 4) is 0 Å². The second kappa shape index (κ2) is 6.30. The van der Waals surface area contributed by atoms with E-state index in [9.17, 15) is 14.7 Å². The summed E-state index contributed by atoms with van der Waals surface area (Å²) in [5, 5.41) is 27.4. The van der Waals surface area contributed by atoms with Crippen LogP contribution in [0.2, 0.25) is 0 Å². The van der Waals surface area contributed by atoms with Gasteiger partial charge in [-0.25, -0.2) is 0 Å². The summed E-state index contributed by atoms with van der Waals surface area (Å²) < 4.78 is 0. The van der Waals surface area contributed by atoms with Crippen LogP contribution in [0.25, 0.3) is 0 Å². The molecule has 1 aliphatic rings. The molecule has 0 amide bonds. The van der Waals surface area contributed by atoms with Crippen molar-refractivity contribution in [3.63, 3.8) is 0 Å². The molecule has 0 radical (unpaired) electrons. The number of carbonyl (C=O) groups excluding carboxylic acids is 1. The maximum Gasteiger partial charge on any atom is 0.307 e. The molecule has 1 rings (SSSR count). The van der Waals surface area contributed by atoms with Gasteiger partial charge in [-0.2, -0.15) is 0 Å². The zero-order valence-electron chi connectivity index (χ0n) is 10.2. The number of rotatable bonds is 5. The molecule has 0 aliphatic heterocycles. The lowest BCUT2D eigenvalue weighted by Gasteiger charge is -2.21. The van der Waals surface area contributed by atoms with Crippen LogP contribution >= 0.6 is 0 Å². The van der Waals surface area contributed by atoms with E-state index in [2.05, 4.69) is 4.99 Å². The minimum atomic E-state index is -1.08. The maximum absolute atomic E-state index is 11.9. The van der Waals surface area contributed by atoms with E-state index < -0.39 is 17.7 Å².